The second-order valence-corrected chi connectivity index (χ2v) is 5.41. The van der Waals surface area contributed by atoms with Crippen molar-refractivity contribution in [3.63, 3.8) is 0 Å². The van der Waals surface area contributed by atoms with Crippen molar-refractivity contribution in [1.82, 2.24) is 9.97 Å². The van der Waals surface area contributed by atoms with E-state index in [4.69, 9.17) is 16.7 Å². The summed E-state index contributed by atoms with van der Waals surface area (Å²) in [6.07, 6.45) is 3.35. The Balaban J connectivity index is 1.62. The Kier molecular flexibility index (Phi) is 4.22. The summed E-state index contributed by atoms with van der Waals surface area (Å²) in [5.74, 6) is 0.864. The molecule has 3 rings (SSSR count). The van der Waals surface area contributed by atoms with Gasteiger partial charge in [-0.05, 0) is 24.3 Å². The summed E-state index contributed by atoms with van der Waals surface area (Å²) in [5, 5.41) is 9.75. The van der Waals surface area contributed by atoms with Crippen LogP contribution in [0, 0.1) is 0 Å². The maximum absolute atomic E-state index is 8.99. The largest absolute Gasteiger partial charge is 0.390 e. The molecule has 21 heavy (non-hydrogen) atoms. The van der Waals surface area contributed by atoms with E-state index in [9.17, 15) is 0 Å². The van der Waals surface area contributed by atoms with Crippen LogP contribution in [0.4, 0.5) is 11.5 Å². The normalized spacial score (nSPS) is 15.3. The number of halogens is 1. The summed E-state index contributed by atoms with van der Waals surface area (Å²) in [7, 11) is 0. The SMILES string of the molecule is OCc1cnc(N2CCN(c3ccc(Cl)cc3)CC2)cn1. The van der Waals surface area contributed by atoms with Gasteiger partial charge in [-0.25, -0.2) is 4.98 Å². The highest BCUT2D eigenvalue weighted by Gasteiger charge is 2.18. The summed E-state index contributed by atoms with van der Waals surface area (Å²) >= 11 is 5.92. The minimum absolute atomic E-state index is 0.0718. The lowest BCUT2D eigenvalue weighted by Crippen LogP contribution is -2.46. The van der Waals surface area contributed by atoms with Crippen LogP contribution in [0.1, 0.15) is 5.69 Å². The third-order valence-corrected chi connectivity index (χ3v) is 3.90. The van der Waals surface area contributed by atoms with Crippen LogP contribution in [0.25, 0.3) is 0 Å². The fraction of sp³-hybridized carbons (Fsp3) is 0.333. The van der Waals surface area contributed by atoms with Gasteiger partial charge in [0.05, 0.1) is 24.7 Å². The molecule has 2 aromatic rings. The van der Waals surface area contributed by atoms with Crippen LogP contribution in [0.5, 0.6) is 0 Å². The van der Waals surface area contributed by atoms with Crippen molar-refractivity contribution in [2.45, 2.75) is 6.61 Å². The first-order chi connectivity index (χ1) is 10.3. The van der Waals surface area contributed by atoms with E-state index in [0.29, 0.717) is 5.69 Å². The number of rotatable bonds is 3. The third-order valence-electron chi connectivity index (χ3n) is 3.65. The molecule has 1 aliphatic rings. The Hall–Kier alpha value is -1.85. The highest BCUT2D eigenvalue weighted by atomic mass is 35.5. The highest BCUT2D eigenvalue weighted by molar-refractivity contribution is 6.30. The summed E-state index contributed by atoms with van der Waals surface area (Å²) in [5.41, 5.74) is 1.79. The molecule has 0 unspecified atom stereocenters. The van der Waals surface area contributed by atoms with Crippen LogP contribution in [0.2, 0.25) is 5.02 Å². The van der Waals surface area contributed by atoms with E-state index in [1.807, 2.05) is 24.3 Å². The molecule has 6 heteroatoms. The summed E-state index contributed by atoms with van der Waals surface area (Å²) < 4.78 is 0. The van der Waals surface area contributed by atoms with Crippen molar-refractivity contribution in [1.29, 1.82) is 0 Å². The topological polar surface area (TPSA) is 52.5 Å². The van der Waals surface area contributed by atoms with Gasteiger partial charge in [0.15, 0.2) is 0 Å². The quantitative estimate of drug-likeness (QED) is 0.939. The Morgan fingerprint density at radius 2 is 1.62 bits per heavy atom. The molecular formula is C15H17ClN4O. The molecule has 0 saturated carbocycles. The monoisotopic (exact) mass is 304 g/mol. The molecule has 1 aromatic carbocycles. The molecule has 0 amide bonds. The molecule has 1 aliphatic heterocycles. The standard InChI is InChI=1S/C15H17ClN4O/c16-12-1-3-14(4-2-12)19-5-7-20(8-6-19)15-10-17-13(11-21)9-18-15/h1-4,9-10,21H,5-8,11H2. The second kappa shape index (κ2) is 6.28. The second-order valence-electron chi connectivity index (χ2n) is 4.97. The first-order valence-electron chi connectivity index (χ1n) is 6.93. The zero-order valence-corrected chi connectivity index (χ0v) is 12.4. The summed E-state index contributed by atoms with van der Waals surface area (Å²) in [4.78, 5) is 13.1. The maximum atomic E-state index is 8.99. The van der Waals surface area contributed by atoms with E-state index < -0.39 is 0 Å². The average molecular weight is 305 g/mol. The predicted octanol–water partition coefficient (Wildman–Crippen LogP) is 1.95. The first kappa shape index (κ1) is 14.1. The van der Waals surface area contributed by atoms with Crippen LogP contribution in [-0.2, 0) is 6.61 Å². The van der Waals surface area contributed by atoms with Crippen molar-refractivity contribution in [2.24, 2.45) is 0 Å². The van der Waals surface area contributed by atoms with E-state index in [1.54, 1.807) is 12.4 Å². The Morgan fingerprint density at radius 3 is 2.19 bits per heavy atom. The molecule has 110 valence electrons. The molecule has 0 bridgehead atoms. The molecular weight excluding hydrogens is 288 g/mol. The lowest BCUT2D eigenvalue weighted by atomic mass is 10.2. The lowest BCUT2D eigenvalue weighted by molar-refractivity contribution is 0.276. The number of nitrogens with zero attached hydrogens (tertiary/aromatic N) is 4. The van der Waals surface area contributed by atoms with Gasteiger partial charge in [-0.1, -0.05) is 11.6 Å². The molecule has 5 nitrogen and oxygen atoms in total. The number of anilines is 2. The van der Waals surface area contributed by atoms with Crippen LogP contribution in [0.15, 0.2) is 36.7 Å². The number of benzene rings is 1. The number of piperazine rings is 1. The van der Waals surface area contributed by atoms with Gasteiger partial charge in [0.25, 0.3) is 0 Å². The van der Waals surface area contributed by atoms with Gasteiger partial charge in [-0.2, -0.15) is 0 Å². The van der Waals surface area contributed by atoms with Crippen molar-refractivity contribution in [2.75, 3.05) is 36.0 Å². The molecule has 0 aliphatic carbocycles. The summed E-state index contributed by atoms with van der Waals surface area (Å²) in [6.45, 7) is 3.60. The van der Waals surface area contributed by atoms with E-state index in [1.165, 1.54) is 5.69 Å². The molecule has 1 fully saturated rings. The van der Waals surface area contributed by atoms with Crippen LogP contribution < -0.4 is 9.80 Å². The van der Waals surface area contributed by atoms with E-state index in [-0.39, 0.29) is 6.61 Å². The van der Waals surface area contributed by atoms with Gasteiger partial charge < -0.3 is 14.9 Å². The van der Waals surface area contributed by atoms with Gasteiger partial charge in [0, 0.05) is 36.9 Å². The Morgan fingerprint density at radius 1 is 0.952 bits per heavy atom. The minimum Gasteiger partial charge on any atom is -0.390 e. The highest BCUT2D eigenvalue weighted by Crippen LogP contribution is 2.21. The zero-order chi connectivity index (χ0) is 14.7. The number of aliphatic hydroxyl groups is 1. The van der Waals surface area contributed by atoms with E-state index in [0.717, 1.165) is 37.0 Å². The van der Waals surface area contributed by atoms with Gasteiger partial charge in [-0.3, -0.25) is 4.98 Å². The Labute approximate surface area is 128 Å². The average Bonchev–Trinajstić information content (AvgIpc) is 2.56. The fourth-order valence-electron chi connectivity index (χ4n) is 2.44. The molecule has 0 radical (unpaired) electrons. The number of hydrogen-bond donors (Lipinski definition) is 1. The fourth-order valence-corrected chi connectivity index (χ4v) is 2.56. The third kappa shape index (κ3) is 3.25. The number of hydrogen-bond acceptors (Lipinski definition) is 5. The molecule has 1 N–H and O–H groups in total. The van der Waals surface area contributed by atoms with E-state index in [2.05, 4.69) is 19.8 Å². The van der Waals surface area contributed by atoms with Gasteiger partial charge >= 0.3 is 0 Å². The lowest BCUT2D eigenvalue weighted by Gasteiger charge is -2.36. The summed E-state index contributed by atoms with van der Waals surface area (Å²) in [6, 6.07) is 7.94. The molecule has 0 spiro atoms. The Bertz CT molecular complexity index is 580. The molecule has 1 aromatic heterocycles. The smallest absolute Gasteiger partial charge is 0.147 e. The first-order valence-corrected chi connectivity index (χ1v) is 7.31. The van der Waals surface area contributed by atoms with Crippen LogP contribution >= 0.6 is 11.6 Å². The van der Waals surface area contributed by atoms with Crippen LogP contribution in [0.3, 0.4) is 0 Å². The molecule has 0 atom stereocenters. The van der Waals surface area contributed by atoms with Crippen molar-refractivity contribution >= 4 is 23.1 Å². The van der Waals surface area contributed by atoms with Crippen LogP contribution in [-0.4, -0.2) is 41.3 Å². The van der Waals surface area contributed by atoms with Crippen molar-refractivity contribution in [3.05, 3.63) is 47.4 Å². The zero-order valence-electron chi connectivity index (χ0n) is 11.6. The van der Waals surface area contributed by atoms with Gasteiger partial charge in [0.1, 0.15) is 5.82 Å². The minimum atomic E-state index is -0.0718. The molecule has 1 saturated heterocycles. The number of aromatic nitrogens is 2. The maximum Gasteiger partial charge on any atom is 0.147 e. The predicted molar refractivity (Wildman–Crippen MR) is 83.8 cm³/mol. The van der Waals surface area contributed by atoms with Crippen molar-refractivity contribution in [3.8, 4) is 0 Å². The van der Waals surface area contributed by atoms with Crippen molar-refractivity contribution < 1.29 is 5.11 Å². The van der Waals surface area contributed by atoms with Gasteiger partial charge in [0.2, 0.25) is 0 Å². The molecule has 2 heterocycles. The number of aliphatic hydroxyl groups excluding tert-OH is 1. The van der Waals surface area contributed by atoms with E-state index >= 15 is 0 Å². The van der Waals surface area contributed by atoms with Gasteiger partial charge in [-0.15, -0.1) is 0 Å².